The molecule has 0 saturated carbocycles. The molecule has 0 radical (unpaired) electrons. The van der Waals surface area contributed by atoms with Crippen LogP contribution in [-0.4, -0.2) is 143 Å². The molecule has 8 unspecified atom stereocenters. The summed E-state index contributed by atoms with van der Waals surface area (Å²) in [5.74, 6) is -2.42. The predicted octanol–water partition coefficient (Wildman–Crippen LogP) is 4.22. The number of amides is 6. The second-order valence-electron chi connectivity index (χ2n) is 21.0. The lowest BCUT2D eigenvalue weighted by Gasteiger charge is -2.32. The van der Waals surface area contributed by atoms with Gasteiger partial charge in [0.25, 0.3) is 0 Å². The van der Waals surface area contributed by atoms with Crippen molar-refractivity contribution in [3.05, 3.63) is 71.8 Å². The zero-order valence-electron chi connectivity index (χ0n) is 42.3. The van der Waals surface area contributed by atoms with Crippen LogP contribution in [0.25, 0.3) is 0 Å². The van der Waals surface area contributed by atoms with Gasteiger partial charge in [0.1, 0.15) is 24.2 Å². The van der Waals surface area contributed by atoms with E-state index in [1.165, 1.54) is 0 Å². The van der Waals surface area contributed by atoms with Gasteiger partial charge in [-0.25, -0.2) is 0 Å². The number of thioether (sulfide) groups is 2. The minimum absolute atomic E-state index is 0.0946. The van der Waals surface area contributed by atoms with E-state index in [4.69, 9.17) is 20.9 Å². The molecule has 70 heavy (non-hydrogen) atoms. The molecule has 4 saturated heterocycles. The minimum atomic E-state index is -0.842. The Morgan fingerprint density at radius 1 is 0.629 bits per heavy atom. The highest BCUT2D eigenvalue weighted by Crippen LogP contribution is 2.51. The largest absolute Gasteiger partial charge is 0.381 e. The third-order valence-corrected chi connectivity index (χ3v) is 18.0. The number of benzene rings is 2. The summed E-state index contributed by atoms with van der Waals surface area (Å²) in [6, 6.07) is 16.0. The first-order valence-corrected chi connectivity index (χ1v) is 26.9. The third kappa shape index (κ3) is 13.1. The van der Waals surface area contributed by atoms with Crippen LogP contribution in [0.15, 0.2) is 60.7 Å². The molecule has 8 N–H and O–H groups in total. The fourth-order valence-corrected chi connectivity index (χ4v) is 14.8. The Labute approximate surface area is 423 Å². The van der Waals surface area contributed by atoms with Gasteiger partial charge in [-0.3, -0.25) is 28.8 Å². The number of hydrogen-bond donors (Lipinski definition) is 6. The molecule has 0 spiro atoms. The Morgan fingerprint density at radius 3 is 1.31 bits per heavy atom. The number of carbonyl (C=O) groups excluding carboxylic acids is 6. The average Bonchev–Trinajstić information content (AvgIpc) is 3.67. The lowest BCUT2D eigenvalue weighted by atomic mass is 9.84. The van der Waals surface area contributed by atoms with Gasteiger partial charge in [0.2, 0.25) is 35.4 Å². The second kappa shape index (κ2) is 24.5. The smallest absolute Gasteiger partial charge is 0.246 e. The first-order chi connectivity index (χ1) is 33.3. The monoisotopic (exact) mass is 1010 g/mol. The molecule has 0 bridgehead atoms. The molecule has 18 heteroatoms. The molecule has 2 aromatic carbocycles. The summed E-state index contributed by atoms with van der Waals surface area (Å²) in [5, 5.41) is 11.1. The first kappa shape index (κ1) is 55.1. The highest BCUT2D eigenvalue weighted by atomic mass is 32.2. The van der Waals surface area contributed by atoms with Crippen LogP contribution in [0.2, 0.25) is 0 Å². The van der Waals surface area contributed by atoms with Gasteiger partial charge in [-0.2, -0.15) is 0 Å². The number of nitrogens with two attached hydrogens (primary N) is 2. The van der Waals surface area contributed by atoms with Gasteiger partial charge >= 0.3 is 0 Å². The Bertz CT molecular complexity index is 1970. The van der Waals surface area contributed by atoms with E-state index in [1.54, 1.807) is 61.3 Å². The molecule has 6 amide bonds. The van der Waals surface area contributed by atoms with E-state index < -0.39 is 58.9 Å². The van der Waals surface area contributed by atoms with Crippen molar-refractivity contribution in [3.63, 3.8) is 0 Å². The average molecular weight is 1010 g/mol. The number of unbranched alkanes of at least 4 members (excludes halogenated alkanes) is 3. The topological polar surface area (TPSA) is 228 Å². The lowest BCUT2D eigenvalue weighted by Crippen LogP contribution is -2.57. The summed E-state index contributed by atoms with van der Waals surface area (Å²) >= 11 is 3.36. The molecule has 4 aliphatic rings. The van der Waals surface area contributed by atoms with Gasteiger partial charge in [0.15, 0.2) is 0 Å². The maximum atomic E-state index is 14.3. The summed E-state index contributed by atoms with van der Waals surface area (Å²) in [6.45, 7) is 13.3. The van der Waals surface area contributed by atoms with Crippen molar-refractivity contribution in [2.45, 2.75) is 162 Å². The fraction of sp³-hybridized carbons (Fsp3) is 0.654. The van der Waals surface area contributed by atoms with Crippen LogP contribution in [-0.2, 0) is 38.2 Å². The van der Waals surface area contributed by atoms with Gasteiger partial charge in [-0.15, -0.1) is 23.5 Å². The van der Waals surface area contributed by atoms with E-state index in [2.05, 4.69) is 45.5 Å². The van der Waals surface area contributed by atoms with Crippen LogP contribution in [0.5, 0.6) is 0 Å². The van der Waals surface area contributed by atoms with Crippen molar-refractivity contribution < 1.29 is 38.2 Å². The fourth-order valence-electron chi connectivity index (χ4n) is 10.8. The standard InChI is InChI=1S/C52H78N8O8S2/c1-31(55-7)47(63)57-37-25-39(69-41-27-51(3,4)43(45(53)61)59(41)49(37)65)35(33-19-13-11-14-20-33)29-67-23-17-9-10-18-24-68-30-36(34-21-15-12-16-22-34)40-26-38(58-48(64)32(2)56-8)50(66)60-42(70-40)28-52(5,6)44(60)46(54)62/h11-16,19-22,31-32,35-44,55-56H,9-10,17-18,23-30H2,1-8H3,(H2,53,61)(H2,54,62)(H,57,63)(H,58,64)/t31-,32-,35+,36+,37?,38?,39?,40?,41?,42?,43?,44?/m0/s1. The summed E-state index contributed by atoms with van der Waals surface area (Å²) < 4.78 is 12.9. The predicted molar refractivity (Wildman–Crippen MR) is 275 cm³/mol. The molecule has 386 valence electrons. The quantitative estimate of drug-likeness (QED) is 0.0861. The van der Waals surface area contributed by atoms with Crippen molar-refractivity contribution in [2.24, 2.45) is 22.3 Å². The van der Waals surface area contributed by atoms with Crippen LogP contribution in [0.4, 0.5) is 0 Å². The lowest BCUT2D eigenvalue weighted by molar-refractivity contribution is -0.142. The van der Waals surface area contributed by atoms with Crippen molar-refractivity contribution in [2.75, 3.05) is 40.5 Å². The SMILES string of the molecule is CN[C@@H](C)C(=O)NC1CC([C@H](COCCCCCCOC[C@H](c2ccccc2)C2CC(NC(=O)[C@H](C)NC)C(=O)N3C(CC(C)(C)C3C(N)=O)S2)c2ccccc2)SC2CC(C)(C)C(C(N)=O)N2C1=O. The van der Waals surface area contributed by atoms with Gasteiger partial charge in [-0.1, -0.05) is 101 Å². The number of hydrogen-bond acceptors (Lipinski definition) is 12. The van der Waals surface area contributed by atoms with E-state index in [1.807, 2.05) is 64.1 Å². The van der Waals surface area contributed by atoms with Gasteiger partial charge in [0.05, 0.1) is 36.0 Å². The molecule has 0 aliphatic carbocycles. The van der Waals surface area contributed by atoms with Crippen LogP contribution < -0.4 is 32.7 Å². The number of nitrogens with one attached hydrogen (secondary N) is 4. The molecule has 4 aliphatic heterocycles. The summed E-state index contributed by atoms with van der Waals surface area (Å²) in [5.41, 5.74) is 13.0. The number of carbonyl (C=O) groups is 6. The van der Waals surface area contributed by atoms with E-state index in [0.29, 0.717) is 52.1 Å². The second-order valence-corrected chi connectivity index (χ2v) is 23.8. The van der Waals surface area contributed by atoms with Gasteiger partial charge < -0.3 is 52.0 Å². The molecule has 6 rings (SSSR count). The third-order valence-electron chi connectivity index (χ3n) is 14.9. The van der Waals surface area contributed by atoms with Crippen LogP contribution in [0.3, 0.4) is 0 Å². The molecular weight excluding hydrogens is 929 g/mol. The number of nitrogens with zero attached hydrogens (tertiary/aromatic N) is 2. The van der Waals surface area contributed by atoms with Crippen LogP contribution >= 0.6 is 23.5 Å². The molecule has 0 aromatic heterocycles. The molecule has 12 atom stereocenters. The maximum Gasteiger partial charge on any atom is 0.246 e. The molecule has 2 aromatic rings. The number of rotatable bonds is 23. The maximum absolute atomic E-state index is 14.3. The highest BCUT2D eigenvalue weighted by molar-refractivity contribution is 8.00. The van der Waals surface area contributed by atoms with Crippen molar-refractivity contribution in [1.82, 2.24) is 31.1 Å². The Balaban J connectivity index is 1.06. The molecule has 16 nitrogen and oxygen atoms in total. The first-order valence-electron chi connectivity index (χ1n) is 25.0. The van der Waals surface area contributed by atoms with Gasteiger partial charge in [-0.05, 0) is 88.4 Å². The van der Waals surface area contributed by atoms with Crippen LogP contribution in [0.1, 0.15) is 116 Å². The van der Waals surface area contributed by atoms with E-state index in [9.17, 15) is 28.8 Å². The Hall–Kier alpha value is -4.20. The number of fused-ring (bicyclic) bond motifs is 2. The van der Waals surface area contributed by atoms with Crippen molar-refractivity contribution >= 4 is 59.0 Å². The number of primary amides is 2. The van der Waals surface area contributed by atoms with Crippen molar-refractivity contribution in [1.29, 1.82) is 0 Å². The molecular formula is C52H78N8O8S2. The van der Waals surface area contributed by atoms with Gasteiger partial charge in [0, 0.05) is 35.5 Å². The number of likely N-dealkylation sites (N-methyl/N-ethyl adjacent to an activating group) is 2. The molecule has 4 fully saturated rings. The summed E-state index contributed by atoms with van der Waals surface area (Å²) in [6.07, 6.45) is 5.50. The zero-order valence-corrected chi connectivity index (χ0v) is 44.0. The summed E-state index contributed by atoms with van der Waals surface area (Å²) in [4.78, 5) is 84.3. The zero-order chi connectivity index (χ0) is 50.9. The van der Waals surface area contributed by atoms with E-state index >= 15 is 0 Å². The van der Waals surface area contributed by atoms with E-state index in [-0.39, 0.29) is 56.7 Å². The highest BCUT2D eigenvalue weighted by Gasteiger charge is 2.57. The molecule has 4 heterocycles. The van der Waals surface area contributed by atoms with Crippen molar-refractivity contribution in [3.8, 4) is 0 Å². The van der Waals surface area contributed by atoms with E-state index in [0.717, 1.165) is 36.8 Å². The number of ether oxygens (including phenoxy) is 2. The normalized spacial score (nSPS) is 27.8. The summed E-state index contributed by atoms with van der Waals surface area (Å²) in [7, 11) is 3.39. The van der Waals surface area contributed by atoms with Crippen LogP contribution in [0, 0.1) is 10.8 Å². The minimum Gasteiger partial charge on any atom is -0.381 e. The Kier molecular flexibility index (Phi) is 19.3. The Morgan fingerprint density at radius 2 is 0.986 bits per heavy atom.